The van der Waals surface area contributed by atoms with E-state index >= 15 is 0 Å². The van der Waals surface area contributed by atoms with Gasteiger partial charge in [-0.3, -0.25) is 4.79 Å². The van der Waals surface area contributed by atoms with Crippen LogP contribution in [0.15, 0.2) is 24.3 Å². The quantitative estimate of drug-likeness (QED) is 0.578. The Kier molecular flexibility index (Phi) is 5.09. The number of ether oxygens (including phenoxy) is 1. The van der Waals surface area contributed by atoms with E-state index in [1.165, 1.54) is 0 Å². The van der Waals surface area contributed by atoms with Gasteiger partial charge in [0.25, 0.3) is 0 Å². The van der Waals surface area contributed by atoms with Crippen LogP contribution in [0.2, 0.25) is 0 Å². The van der Waals surface area contributed by atoms with E-state index in [-0.39, 0.29) is 5.92 Å². The third kappa shape index (κ3) is 3.48. The lowest BCUT2D eigenvalue weighted by molar-refractivity contribution is 0.111. The van der Waals surface area contributed by atoms with Gasteiger partial charge in [-0.05, 0) is 36.6 Å². The molecule has 0 amide bonds. The highest BCUT2D eigenvalue weighted by Gasteiger charge is 2.16. The van der Waals surface area contributed by atoms with Gasteiger partial charge < -0.3 is 4.74 Å². The number of nitrogens with zero attached hydrogens (tertiary/aromatic N) is 3. The summed E-state index contributed by atoms with van der Waals surface area (Å²) in [5.41, 5.74) is 2.10. The van der Waals surface area contributed by atoms with Gasteiger partial charge in [0.05, 0.1) is 18.0 Å². The van der Waals surface area contributed by atoms with Crippen molar-refractivity contribution in [1.82, 2.24) is 15.0 Å². The van der Waals surface area contributed by atoms with Crippen LogP contribution in [-0.4, -0.2) is 27.9 Å². The van der Waals surface area contributed by atoms with Crippen LogP contribution < -0.4 is 4.74 Å². The Morgan fingerprint density at radius 1 is 1.29 bits per heavy atom. The van der Waals surface area contributed by atoms with Crippen LogP contribution in [0, 0.1) is 0 Å². The van der Waals surface area contributed by atoms with Gasteiger partial charge in [-0.25, -0.2) is 4.68 Å². The fraction of sp³-hybridized carbons (Fsp3) is 0.438. The number of carbonyl (C=O) groups is 1. The summed E-state index contributed by atoms with van der Waals surface area (Å²) in [6, 6.07) is 7.68. The van der Waals surface area contributed by atoms with Crippen molar-refractivity contribution in [3.63, 3.8) is 0 Å². The van der Waals surface area contributed by atoms with Crippen LogP contribution in [0.5, 0.6) is 5.75 Å². The summed E-state index contributed by atoms with van der Waals surface area (Å²) in [6.45, 7) is 6.90. The van der Waals surface area contributed by atoms with Gasteiger partial charge in [-0.1, -0.05) is 32.4 Å². The van der Waals surface area contributed by atoms with Crippen molar-refractivity contribution in [3.05, 3.63) is 35.7 Å². The van der Waals surface area contributed by atoms with Crippen molar-refractivity contribution in [1.29, 1.82) is 0 Å². The number of aromatic nitrogens is 3. The largest absolute Gasteiger partial charge is 0.494 e. The zero-order chi connectivity index (χ0) is 15.2. The van der Waals surface area contributed by atoms with Gasteiger partial charge in [0.2, 0.25) is 0 Å². The smallest absolute Gasteiger partial charge is 0.172 e. The first-order valence-electron chi connectivity index (χ1n) is 7.31. The van der Waals surface area contributed by atoms with Crippen LogP contribution >= 0.6 is 0 Å². The molecule has 5 nitrogen and oxygen atoms in total. The SMILES string of the molecule is CCCCOc1ccc(-n2nnc(C=O)c2C(C)C)cc1. The predicted molar refractivity (Wildman–Crippen MR) is 81.2 cm³/mol. The van der Waals surface area contributed by atoms with Gasteiger partial charge >= 0.3 is 0 Å². The lowest BCUT2D eigenvalue weighted by Gasteiger charge is -2.10. The summed E-state index contributed by atoms with van der Waals surface area (Å²) in [5.74, 6) is 1.01. The van der Waals surface area contributed by atoms with E-state index in [9.17, 15) is 4.79 Å². The lowest BCUT2D eigenvalue weighted by Crippen LogP contribution is -2.05. The number of unbranched alkanes of at least 4 members (excludes halogenated alkanes) is 1. The molecule has 0 radical (unpaired) electrons. The number of hydrogen-bond donors (Lipinski definition) is 0. The molecule has 0 atom stereocenters. The molecule has 1 aromatic heterocycles. The minimum Gasteiger partial charge on any atom is -0.494 e. The zero-order valence-electron chi connectivity index (χ0n) is 12.7. The molecule has 2 rings (SSSR count). The summed E-state index contributed by atoms with van der Waals surface area (Å²) in [5, 5.41) is 8.01. The topological polar surface area (TPSA) is 57.0 Å². The standard InChI is InChI=1S/C16H21N3O2/c1-4-5-10-21-14-8-6-13(7-9-14)19-16(12(2)3)15(11-20)17-18-19/h6-9,11-12H,4-5,10H2,1-3H3. The molecule has 0 aliphatic rings. The molecule has 0 saturated heterocycles. The Morgan fingerprint density at radius 2 is 2.00 bits per heavy atom. The highest BCUT2D eigenvalue weighted by Crippen LogP contribution is 2.22. The van der Waals surface area contributed by atoms with E-state index in [0.29, 0.717) is 5.69 Å². The van der Waals surface area contributed by atoms with Gasteiger partial charge in [0.1, 0.15) is 11.4 Å². The van der Waals surface area contributed by atoms with Gasteiger partial charge in [0.15, 0.2) is 6.29 Å². The van der Waals surface area contributed by atoms with E-state index in [0.717, 1.165) is 42.9 Å². The zero-order valence-corrected chi connectivity index (χ0v) is 12.7. The molecule has 0 aliphatic carbocycles. The van der Waals surface area contributed by atoms with Crippen molar-refractivity contribution in [2.75, 3.05) is 6.61 Å². The minimum atomic E-state index is 0.167. The minimum absolute atomic E-state index is 0.167. The summed E-state index contributed by atoms with van der Waals surface area (Å²) in [4.78, 5) is 11.0. The van der Waals surface area contributed by atoms with Crippen LogP contribution in [0.3, 0.4) is 0 Å². The molecule has 2 aromatic rings. The van der Waals surface area contributed by atoms with E-state index in [4.69, 9.17) is 4.74 Å². The average Bonchev–Trinajstić information content (AvgIpc) is 2.92. The third-order valence-corrected chi connectivity index (χ3v) is 3.24. The molecule has 0 unspecified atom stereocenters. The molecule has 0 N–H and O–H groups in total. The molecular weight excluding hydrogens is 266 g/mol. The van der Waals surface area contributed by atoms with Crippen molar-refractivity contribution in [2.45, 2.75) is 39.5 Å². The summed E-state index contributed by atoms with van der Waals surface area (Å²) < 4.78 is 7.35. The molecular formula is C16H21N3O2. The van der Waals surface area contributed by atoms with Gasteiger partial charge in [-0.15, -0.1) is 5.10 Å². The first kappa shape index (κ1) is 15.2. The third-order valence-electron chi connectivity index (χ3n) is 3.24. The second kappa shape index (κ2) is 7.02. The van der Waals surface area contributed by atoms with Crippen molar-refractivity contribution >= 4 is 6.29 Å². The maximum atomic E-state index is 11.0. The fourth-order valence-corrected chi connectivity index (χ4v) is 2.13. The molecule has 5 heteroatoms. The Bertz CT molecular complexity index is 588. The molecule has 1 aromatic carbocycles. The Labute approximate surface area is 124 Å². The van der Waals surface area contributed by atoms with Gasteiger partial charge in [-0.2, -0.15) is 0 Å². The van der Waals surface area contributed by atoms with Crippen LogP contribution in [0.1, 0.15) is 55.7 Å². The van der Waals surface area contributed by atoms with E-state index in [1.54, 1.807) is 4.68 Å². The number of rotatable bonds is 7. The van der Waals surface area contributed by atoms with Crippen molar-refractivity contribution in [3.8, 4) is 11.4 Å². The molecule has 21 heavy (non-hydrogen) atoms. The van der Waals surface area contributed by atoms with Crippen LogP contribution in [0.25, 0.3) is 5.69 Å². The first-order chi connectivity index (χ1) is 10.2. The highest BCUT2D eigenvalue weighted by atomic mass is 16.5. The molecule has 0 aliphatic heterocycles. The number of aldehydes is 1. The molecule has 0 fully saturated rings. The Hall–Kier alpha value is -2.17. The summed E-state index contributed by atoms with van der Waals surface area (Å²) >= 11 is 0. The van der Waals surface area contributed by atoms with Crippen LogP contribution in [0.4, 0.5) is 0 Å². The van der Waals surface area contributed by atoms with Crippen LogP contribution in [-0.2, 0) is 0 Å². The summed E-state index contributed by atoms with van der Waals surface area (Å²) in [7, 11) is 0. The predicted octanol–water partition coefficient (Wildman–Crippen LogP) is 3.38. The normalized spacial score (nSPS) is 10.9. The number of hydrogen-bond acceptors (Lipinski definition) is 4. The maximum absolute atomic E-state index is 11.0. The number of benzene rings is 1. The summed E-state index contributed by atoms with van der Waals surface area (Å²) in [6.07, 6.45) is 2.91. The second-order valence-corrected chi connectivity index (χ2v) is 5.24. The number of carbonyl (C=O) groups excluding carboxylic acids is 1. The first-order valence-corrected chi connectivity index (χ1v) is 7.31. The molecule has 112 valence electrons. The van der Waals surface area contributed by atoms with Crippen molar-refractivity contribution < 1.29 is 9.53 Å². The molecule has 0 spiro atoms. The van der Waals surface area contributed by atoms with E-state index < -0.39 is 0 Å². The molecule has 0 bridgehead atoms. The monoisotopic (exact) mass is 287 g/mol. The maximum Gasteiger partial charge on any atom is 0.172 e. The van der Waals surface area contributed by atoms with E-state index in [1.807, 2.05) is 38.1 Å². The fourth-order valence-electron chi connectivity index (χ4n) is 2.13. The Balaban J connectivity index is 2.22. The second-order valence-electron chi connectivity index (χ2n) is 5.24. The lowest BCUT2D eigenvalue weighted by atomic mass is 10.1. The van der Waals surface area contributed by atoms with Gasteiger partial charge in [0, 0.05) is 0 Å². The average molecular weight is 287 g/mol. The molecule has 0 saturated carbocycles. The highest BCUT2D eigenvalue weighted by molar-refractivity contribution is 5.73. The van der Waals surface area contributed by atoms with Crippen molar-refractivity contribution in [2.24, 2.45) is 0 Å². The van der Waals surface area contributed by atoms with E-state index in [2.05, 4.69) is 17.2 Å². The Morgan fingerprint density at radius 3 is 2.57 bits per heavy atom. The molecule has 1 heterocycles.